The number of benzene rings is 1. The summed E-state index contributed by atoms with van der Waals surface area (Å²) in [4.78, 5) is 0. The Labute approximate surface area is 169 Å². The van der Waals surface area contributed by atoms with Crippen molar-refractivity contribution in [2.45, 2.75) is 115 Å². The van der Waals surface area contributed by atoms with Crippen molar-refractivity contribution in [1.29, 1.82) is 0 Å². The number of hydrogen-bond acceptors (Lipinski definition) is 1. The molecule has 1 nitrogen and oxygen atoms in total. The van der Waals surface area contributed by atoms with Crippen LogP contribution in [0.5, 0.6) is 0 Å². The van der Waals surface area contributed by atoms with Crippen molar-refractivity contribution in [3.8, 4) is 0 Å². The first-order valence-corrected chi connectivity index (χ1v) is 13.5. The van der Waals surface area contributed by atoms with Gasteiger partial charge in [-0.2, -0.15) is 0 Å². The summed E-state index contributed by atoms with van der Waals surface area (Å²) in [5.41, 5.74) is 5.44. The van der Waals surface area contributed by atoms with Gasteiger partial charge in [-0.25, -0.2) is 0 Å². The molecule has 0 spiro atoms. The minimum absolute atomic E-state index is 0.0194. The van der Waals surface area contributed by atoms with Crippen molar-refractivity contribution < 1.29 is 4.43 Å². The van der Waals surface area contributed by atoms with E-state index in [1.54, 1.807) is 11.1 Å². The summed E-state index contributed by atoms with van der Waals surface area (Å²) in [6.07, 6.45) is 6.33. The van der Waals surface area contributed by atoms with Crippen molar-refractivity contribution >= 4 is 8.32 Å². The molecule has 2 aliphatic carbocycles. The topological polar surface area (TPSA) is 9.23 Å². The molecule has 0 saturated heterocycles. The molecule has 0 amide bonds. The molecule has 3 atom stereocenters. The van der Waals surface area contributed by atoms with E-state index in [0.717, 1.165) is 0 Å². The lowest BCUT2D eigenvalue weighted by Crippen LogP contribution is -2.61. The van der Waals surface area contributed by atoms with Gasteiger partial charge >= 0.3 is 0 Å². The molecule has 0 N–H and O–H groups in total. The van der Waals surface area contributed by atoms with Crippen LogP contribution in [0.4, 0.5) is 0 Å². The van der Waals surface area contributed by atoms with E-state index < -0.39 is 8.32 Å². The second-order valence-electron chi connectivity index (χ2n) is 10.8. The molecule has 1 fully saturated rings. The van der Waals surface area contributed by atoms with Crippen molar-refractivity contribution in [2.24, 2.45) is 5.92 Å². The lowest BCUT2D eigenvalue weighted by atomic mass is 9.53. The summed E-state index contributed by atoms with van der Waals surface area (Å²) in [7, 11) is -1.89. The Hall–Kier alpha value is -0.603. The summed E-state index contributed by atoms with van der Waals surface area (Å²) >= 11 is 0. The molecular formula is C25H42OSi. The first kappa shape index (κ1) is 21.1. The molecule has 152 valence electrons. The third kappa shape index (κ3) is 3.25. The Kier molecular flexibility index (Phi) is 5.74. The molecule has 0 aliphatic heterocycles. The van der Waals surface area contributed by atoms with Gasteiger partial charge in [0.25, 0.3) is 0 Å². The number of aryl methyl sites for hydroxylation is 1. The van der Waals surface area contributed by atoms with Crippen molar-refractivity contribution in [2.75, 3.05) is 0 Å². The average molecular weight is 387 g/mol. The molecule has 0 bridgehead atoms. The molecule has 0 heterocycles. The summed E-state index contributed by atoms with van der Waals surface area (Å²) < 4.78 is 7.54. The fraction of sp³-hybridized carbons (Fsp3) is 0.760. The number of fused-ring (bicyclic) bond motifs is 3. The van der Waals surface area contributed by atoms with E-state index in [0.29, 0.717) is 22.5 Å². The van der Waals surface area contributed by atoms with Gasteiger partial charge in [-0.1, -0.05) is 72.7 Å². The van der Waals surface area contributed by atoms with Crippen LogP contribution in [-0.4, -0.2) is 13.9 Å². The van der Waals surface area contributed by atoms with E-state index >= 15 is 0 Å². The van der Waals surface area contributed by atoms with E-state index in [-0.39, 0.29) is 11.0 Å². The van der Waals surface area contributed by atoms with Crippen LogP contribution in [0, 0.1) is 5.92 Å². The van der Waals surface area contributed by atoms with Gasteiger partial charge in [-0.15, -0.1) is 0 Å². The van der Waals surface area contributed by atoms with Gasteiger partial charge in [0.15, 0.2) is 0 Å². The minimum atomic E-state index is -1.89. The average Bonchev–Trinajstić information content (AvgIpc) is 2.59. The number of rotatable bonds is 5. The van der Waals surface area contributed by atoms with Gasteiger partial charge in [-0.3, -0.25) is 0 Å². The lowest BCUT2D eigenvalue weighted by molar-refractivity contribution is -0.0664. The monoisotopic (exact) mass is 386 g/mol. The van der Waals surface area contributed by atoms with E-state index in [2.05, 4.69) is 79.7 Å². The van der Waals surface area contributed by atoms with Gasteiger partial charge < -0.3 is 4.43 Å². The Morgan fingerprint density at radius 1 is 0.926 bits per heavy atom. The second-order valence-corrected chi connectivity index (χ2v) is 16.1. The zero-order valence-corrected chi connectivity index (χ0v) is 20.1. The van der Waals surface area contributed by atoms with Crippen LogP contribution >= 0.6 is 0 Å². The molecule has 1 saturated carbocycles. The van der Waals surface area contributed by atoms with Crippen molar-refractivity contribution in [3.05, 3.63) is 35.4 Å². The van der Waals surface area contributed by atoms with E-state index in [1.807, 2.05) is 0 Å². The molecule has 0 aromatic heterocycles. The zero-order valence-electron chi connectivity index (χ0n) is 19.1. The third-order valence-electron chi connectivity index (χ3n) is 8.33. The van der Waals surface area contributed by atoms with E-state index in [9.17, 15) is 0 Å². The van der Waals surface area contributed by atoms with Crippen molar-refractivity contribution in [3.63, 3.8) is 0 Å². The summed E-state index contributed by atoms with van der Waals surface area (Å²) in [5.74, 6) is 0.636. The molecule has 27 heavy (non-hydrogen) atoms. The van der Waals surface area contributed by atoms with Crippen LogP contribution in [-0.2, 0) is 16.3 Å². The van der Waals surface area contributed by atoms with Crippen molar-refractivity contribution in [1.82, 2.24) is 0 Å². The van der Waals surface area contributed by atoms with E-state index in [1.165, 1.54) is 32.1 Å². The molecule has 3 rings (SSSR count). The zero-order chi connectivity index (χ0) is 20.0. The molecule has 1 aromatic carbocycles. The molecule has 1 aromatic rings. The lowest BCUT2D eigenvalue weighted by Gasteiger charge is -2.59. The van der Waals surface area contributed by atoms with Crippen LogP contribution in [0.3, 0.4) is 0 Å². The van der Waals surface area contributed by atoms with Gasteiger partial charge in [0.1, 0.15) is 0 Å². The highest BCUT2D eigenvalue weighted by molar-refractivity contribution is 6.77. The largest absolute Gasteiger partial charge is 0.411 e. The van der Waals surface area contributed by atoms with Crippen LogP contribution in [0.15, 0.2) is 24.3 Å². The Bertz CT molecular complexity index is 642. The Morgan fingerprint density at radius 2 is 1.52 bits per heavy atom. The Morgan fingerprint density at radius 3 is 2.11 bits per heavy atom. The van der Waals surface area contributed by atoms with Crippen LogP contribution in [0.1, 0.15) is 92.2 Å². The predicted octanol–water partition coefficient (Wildman–Crippen LogP) is 7.64. The SMILES string of the molecule is CC(C)[Si](O[C@@]1(C)CCC[C@]2(C)c3ccccc3CC[C@@H]12)(C(C)C)C(C)C. The predicted molar refractivity (Wildman–Crippen MR) is 120 cm³/mol. The third-order valence-corrected chi connectivity index (χ3v) is 14.6. The highest BCUT2D eigenvalue weighted by Crippen LogP contribution is 2.57. The van der Waals surface area contributed by atoms with Gasteiger partial charge in [0.05, 0.1) is 5.60 Å². The molecule has 2 aliphatic rings. The number of hydrogen-bond donors (Lipinski definition) is 0. The molecule has 0 radical (unpaired) electrons. The smallest absolute Gasteiger partial charge is 0.201 e. The molecular weight excluding hydrogens is 344 g/mol. The highest BCUT2D eigenvalue weighted by atomic mass is 28.4. The first-order chi connectivity index (χ1) is 12.6. The standard InChI is InChI=1S/C25H42OSi/c1-18(2)27(19(3)4,20(5)6)26-25(8)17-11-16-24(7)22-13-10-9-12-21(22)14-15-23(24)25/h9-10,12-13,18-20,23H,11,14-17H2,1-8H3/t23-,24-,25+/m1/s1. The van der Waals surface area contributed by atoms with Gasteiger partial charge in [0.2, 0.25) is 8.32 Å². The minimum Gasteiger partial charge on any atom is -0.411 e. The molecule has 2 heteroatoms. The maximum atomic E-state index is 7.54. The van der Waals surface area contributed by atoms with Crippen LogP contribution in [0.2, 0.25) is 16.6 Å². The molecule has 0 unspecified atom stereocenters. The first-order valence-electron chi connectivity index (χ1n) is 11.4. The quantitative estimate of drug-likeness (QED) is 0.472. The fourth-order valence-corrected chi connectivity index (χ4v) is 13.0. The van der Waals surface area contributed by atoms with E-state index in [4.69, 9.17) is 4.43 Å². The highest BCUT2D eigenvalue weighted by Gasteiger charge is 2.57. The summed E-state index contributed by atoms with van der Waals surface area (Å²) in [6, 6.07) is 9.23. The maximum Gasteiger partial charge on any atom is 0.201 e. The Balaban J connectivity index is 2.03. The normalized spacial score (nSPS) is 31.3. The summed E-state index contributed by atoms with van der Waals surface area (Å²) in [6.45, 7) is 19.6. The fourth-order valence-electron chi connectivity index (χ4n) is 7.25. The van der Waals surface area contributed by atoms with Crippen LogP contribution in [0.25, 0.3) is 0 Å². The summed E-state index contributed by atoms with van der Waals surface area (Å²) in [5, 5.41) is 0. The van der Waals surface area contributed by atoms with Crippen LogP contribution < -0.4 is 0 Å². The second kappa shape index (κ2) is 7.33. The maximum absolute atomic E-state index is 7.54. The van der Waals surface area contributed by atoms with Gasteiger partial charge in [-0.05, 0) is 78.1 Å². The van der Waals surface area contributed by atoms with Gasteiger partial charge in [0, 0.05) is 0 Å².